The van der Waals surface area contributed by atoms with Crippen molar-refractivity contribution >= 4 is 40.5 Å². The Hall–Kier alpha value is -2.97. The van der Waals surface area contributed by atoms with E-state index in [0.29, 0.717) is 23.8 Å². The first kappa shape index (κ1) is 21.3. The Balaban J connectivity index is 1.48. The summed E-state index contributed by atoms with van der Waals surface area (Å²) in [6.45, 7) is 5.30. The number of nitrogens with zero attached hydrogens (tertiary/aromatic N) is 4. The lowest BCUT2D eigenvalue weighted by Gasteiger charge is -2.36. The topological polar surface area (TPSA) is 87.0 Å². The number of rotatable bonds is 5. The van der Waals surface area contributed by atoms with Crippen LogP contribution < -0.4 is 9.80 Å². The van der Waals surface area contributed by atoms with Crippen molar-refractivity contribution in [3.8, 4) is 0 Å². The van der Waals surface area contributed by atoms with E-state index in [0.717, 1.165) is 24.5 Å². The van der Waals surface area contributed by atoms with Gasteiger partial charge in [0.2, 0.25) is 11.8 Å². The van der Waals surface area contributed by atoms with Crippen molar-refractivity contribution in [2.45, 2.75) is 19.9 Å². The summed E-state index contributed by atoms with van der Waals surface area (Å²) < 4.78 is 0. The first-order valence-corrected chi connectivity index (χ1v) is 10.6. The number of nitro groups is 1. The summed E-state index contributed by atoms with van der Waals surface area (Å²) in [5, 5.41) is 12.5. The minimum atomic E-state index is -0.451. The highest BCUT2D eigenvalue weighted by Crippen LogP contribution is 2.35. The fraction of sp³-hybridized carbons (Fsp3) is 0.364. The van der Waals surface area contributed by atoms with Crippen molar-refractivity contribution in [3.05, 3.63) is 63.2 Å². The van der Waals surface area contributed by atoms with Gasteiger partial charge in [0.25, 0.3) is 5.69 Å². The number of amides is 2. The zero-order valence-corrected chi connectivity index (χ0v) is 17.9. The Kier molecular flexibility index (Phi) is 5.93. The summed E-state index contributed by atoms with van der Waals surface area (Å²) in [5.74, 6) is -1.04. The Bertz CT molecular complexity index is 1020. The van der Waals surface area contributed by atoms with Crippen LogP contribution >= 0.6 is 11.6 Å². The number of nitro benzene ring substituents is 1. The van der Waals surface area contributed by atoms with Crippen LogP contribution in [0.3, 0.4) is 0 Å². The smallest absolute Gasteiger partial charge is 0.294 e. The molecule has 2 aromatic carbocycles. The molecule has 9 heteroatoms. The molecule has 162 valence electrons. The summed E-state index contributed by atoms with van der Waals surface area (Å²) in [7, 11) is 0. The summed E-state index contributed by atoms with van der Waals surface area (Å²) in [4.78, 5) is 41.1. The molecule has 2 fully saturated rings. The number of halogens is 1. The van der Waals surface area contributed by atoms with Gasteiger partial charge in [-0.3, -0.25) is 29.5 Å². The second-order valence-electron chi connectivity index (χ2n) is 7.99. The molecule has 2 heterocycles. The summed E-state index contributed by atoms with van der Waals surface area (Å²) in [6.07, 6.45) is 0.129. The first-order valence-electron chi connectivity index (χ1n) is 10.2. The maximum absolute atomic E-state index is 12.3. The Morgan fingerprint density at radius 1 is 1.06 bits per heavy atom. The standard InChI is InChI=1S/C22H23ClN4O4/c1-15-12-21(28)26(22(15)29)18-6-7-19(20(13-18)27(30)31)25-10-8-24(9-11-25)14-16-2-4-17(23)5-3-16/h2-7,13,15H,8-12,14H2,1H3/t15-/m0/s1. The highest BCUT2D eigenvalue weighted by Gasteiger charge is 2.37. The lowest BCUT2D eigenvalue weighted by molar-refractivity contribution is -0.384. The zero-order valence-electron chi connectivity index (χ0n) is 17.2. The fourth-order valence-corrected chi connectivity index (χ4v) is 4.24. The molecule has 0 radical (unpaired) electrons. The van der Waals surface area contributed by atoms with Crippen molar-refractivity contribution in [3.63, 3.8) is 0 Å². The maximum Gasteiger partial charge on any atom is 0.294 e. The molecular weight excluding hydrogens is 420 g/mol. The van der Waals surface area contributed by atoms with Gasteiger partial charge in [0, 0.05) is 56.2 Å². The van der Waals surface area contributed by atoms with Gasteiger partial charge in [-0.2, -0.15) is 0 Å². The Morgan fingerprint density at radius 2 is 1.74 bits per heavy atom. The third-order valence-corrected chi connectivity index (χ3v) is 6.07. The van der Waals surface area contributed by atoms with E-state index in [1.807, 2.05) is 29.2 Å². The molecule has 2 aliphatic rings. The molecule has 2 amide bonds. The van der Waals surface area contributed by atoms with E-state index in [4.69, 9.17) is 11.6 Å². The van der Waals surface area contributed by atoms with Gasteiger partial charge in [-0.1, -0.05) is 30.7 Å². The fourth-order valence-electron chi connectivity index (χ4n) is 4.11. The summed E-state index contributed by atoms with van der Waals surface area (Å²) in [5.41, 5.74) is 1.84. The molecule has 2 saturated heterocycles. The minimum Gasteiger partial charge on any atom is -0.363 e. The number of carbonyl (C=O) groups is 2. The van der Waals surface area contributed by atoms with Gasteiger partial charge >= 0.3 is 0 Å². The molecule has 0 spiro atoms. The van der Waals surface area contributed by atoms with Crippen molar-refractivity contribution in [2.75, 3.05) is 36.0 Å². The van der Waals surface area contributed by atoms with Crippen LogP contribution in [0.1, 0.15) is 18.9 Å². The number of benzene rings is 2. The van der Waals surface area contributed by atoms with Crippen molar-refractivity contribution in [2.24, 2.45) is 5.92 Å². The van der Waals surface area contributed by atoms with Crippen LogP contribution in [-0.4, -0.2) is 47.8 Å². The molecule has 0 aromatic heterocycles. The molecule has 4 rings (SSSR count). The number of hydrogen-bond acceptors (Lipinski definition) is 6. The molecule has 1 atom stereocenters. The van der Waals surface area contributed by atoms with Crippen molar-refractivity contribution in [1.82, 2.24) is 4.90 Å². The molecule has 8 nitrogen and oxygen atoms in total. The molecule has 31 heavy (non-hydrogen) atoms. The van der Waals surface area contributed by atoms with Gasteiger partial charge in [-0.15, -0.1) is 0 Å². The second-order valence-corrected chi connectivity index (χ2v) is 8.43. The van der Waals surface area contributed by atoms with E-state index < -0.39 is 10.8 Å². The maximum atomic E-state index is 12.3. The number of piperazine rings is 1. The number of carbonyl (C=O) groups excluding carboxylic acids is 2. The lowest BCUT2D eigenvalue weighted by atomic mass is 10.1. The summed E-state index contributed by atoms with van der Waals surface area (Å²) in [6, 6.07) is 12.3. The number of anilines is 2. The van der Waals surface area contributed by atoms with E-state index in [9.17, 15) is 19.7 Å². The molecule has 0 unspecified atom stereocenters. The van der Waals surface area contributed by atoms with Gasteiger partial charge in [0.05, 0.1) is 10.6 Å². The molecule has 0 N–H and O–H groups in total. The normalized spacial score (nSPS) is 19.9. The summed E-state index contributed by atoms with van der Waals surface area (Å²) >= 11 is 5.94. The number of hydrogen-bond donors (Lipinski definition) is 0. The zero-order chi connectivity index (χ0) is 22.1. The molecule has 2 aliphatic heterocycles. The van der Waals surface area contributed by atoms with Crippen LogP contribution in [0.15, 0.2) is 42.5 Å². The lowest BCUT2D eigenvalue weighted by Crippen LogP contribution is -2.46. The van der Waals surface area contributed by atoms with Gasteiger partial charge in [0.1, 0.15) is 5.69 Å². The molecule has 0 bridgehead atoms. The SMILES string of the molecule is C[C@H]1CC(=O)N(c2ccc(N3CCN(Cc4ccc(Cl)cc4)CC3)c([N+](=O)[O-])c2)C1=O. The first-order chi connectivity index (χ1) is 14.8. The van der Waals surface area contributed by atoms with Crippen LogP contribution in [0, 0.1) is 16.0 Å². The largest absolute Gasteiger partial charge is 0.363 e. The molecule has 2 aromatic rings. The highest BCUT2D eigenvalue weighted by atomic mass is 35.5. The van der Waals surface area contributed by atoms with E-state index in [1.165, 1.54) is 11.6 Å². The van der Waals surface area contributed by atoms with Gasteiger partial charge in [0.15, 0.2) is 0 Å². The Labute approximate surface area is 185 Å². The van der Waals surface area contributed by atoms with Crippen LogP contribution in [0.4, 0.5) is 17.1 Å². The van der Waals surface area contributed by atoms with E-state index in [1.54, 1.807) is 19.1 Å². The third kappa shape index (κ3) is 4.40. The molecule has 0 aliphatic carbocycles. The predicted octanol–water partition coefficient (Wildman–Crippen LogP) is 3.47. The van der Waals surface area contributed by atoms with Crippen molar-refractivity contribution < 1.29 is 14.5 Å². The average molecular weight is 443 g/mol. The van der Waals surface area contributed by atoms with Crippen molar-refractivity contribution in [1.29, 1.82) is 0 Å². The van der Waals surface area contributed by atoms with Crippen LogP contribution in [0.2, 0.25) is 5.02 Å². The monoisotopic (exact) mass is 442 g/mol. The quantitative estimate of drug-likeness (QED) is 0.400. The minimum absolute atomic E-state index is 0.0937. The third-order valence-electron chi connectivity index (χ3n) is 5.82. The second kappa shape index (κ2) is 8.64. The van der Waals surface area contributed by atoms with E-state index in [2.05, 4.69) is 4.90 Å². The molecule has 0 saturated carbocycles. The van der Waals surface area contributed by atoms with E-state index >= 15 is 0 Å². The van der Waals surface area contributed by atoms with Crippen LogP contribution in [-0.2, 0) is 16.1 Å². The van der Waals surface area contributed by atoms with Crippen LogP contribution in [0.5, 0.6) is 0 Å². The van der Waals surface area contributed by atoms with Crippen LogP contribution in [0.25, 0.3) is 0 Å². The number of imide groups is 1. The average Bonchev–Trinajstić information content (AvgIpc) is 3.01. The predicted molar refractivity (Wildman–Crippen MR) is 118 cm³/mol. The Morgan fingerprint density at radius 3 is 2.32 bits per heavy atom. The highest BCUT2D eigenvalue weighted by molar-refractivity contribution is 6.30. The van der Waals surface area contributed by atoms with E-state index in [-0.39, 0.29) is 29.6 Å². The van der Waals surface area contributed by atoms with Gasteiger partial charge in [-0.25, -0.2) is 0 Å². The van der Waals surface area contributed by atoms with Gasteiger partial charge in [-0.05, 0) is 29.8 Å². The molecular formula is C22H23ClN4O4. The van der Waals surface area contributed by atoms with Gasteiger partial charge < -0.3 is 4.90 Å².